The standard InChI is InChI=1S/C21H23N5O2S/c1-14-7-6-8-15(2)20(14)25-18(27)11-23-19(28)13-29-21-24-17(12-26(21)22)16-9-4-3-5-10-16/h3-10,12H,11,13,22H2,1-2H3,(H,23,28)(H,25,27). The van der Waals surface area contributed by atoms with Crippen molar-refractivity contribution < 1.29 is 9.59 Å². The second kappa shape index (κ2) is 9.29. The lowest BCUT2D eigenvalue weighted by Crippen LogP contribution is -2.34. The lowest BCUT2D eigenvalue weighted by atomic mass is 10.1. The molecular formula is C21H23N5O2S. The third-order valence-electron chi connectivity index (χ3n) is 4.29. The summed E-state index contributed by atoms with van der Waals surface area (Å²) >= 11 is 1.21. The van der Waals surface area contributed by atoms with Gasteiger partial charge >= 0.3 is 0 Å². The second-order valence-electron chi connectivity index (χ2n) is 6.56. The summed E-state index contributed by atoms with van der Waals surface area (Å²) in [5, 5.41) is 5.99. The summed E-state index contributed by atoms with van der Waals surface area (Å²) in [7, 11) is 0. The molecule has 0 spiro atoms. The minimum absolute atomic E-state index is 0.0977. The molecule has 2 aromatic carbocycles. The van der Waals surface area contributed by atoms with Gasteiger partial charge in [-0.2, -0.15) is 0 Å². The highest BCUT2D eigenvalue weighted by atomic mass is 32.2. The van der Waals surface area contributed by atoms with Crippen LogP contribution in [0.15, 0.2) is 59.9 Å². The number of benzene rings is 2. The summed E-state index contributed by atoms with van der Waals surface area (Å²) in [6, 6.07) is 15.5. The molecular weight excluding hydrogens is 386 g/mol. The van der Waals surface area contributed by atoms with Gasteiger partial charge in [0.2, 0.25) is 11.8 Å². The van der Waals surface area contributed by atoms with E-state index in [0.29, 0.717) is 5.16 Å². The summed E-state index contributed by atoms with van der Waals surface area (Å²) in [6.45, 7) is 3.76. The highest BCUT2D eigenvalue weighted by molar-refractivity contribution is 7.99. The average molecular weight is 410 g/mol. The van der Waals surface area contributed by atoms with E-state index in [1.54, 1.807) is 6.20 Å². The monoisotopic (exact) mass is 409 g/mol. The molecule has 0 saturated carbocycles. The van der Waals surface area contributed by atoms with Crippen LogP contribution >= 0.6 is 11.8 Å². The van der Waals surface area contributed by atoms with E-state index in [1.807, 2.05) is 62.4 Å². The van der Waals surface area contributed by atoms with E-state index in [2.05, 4.69) is 15.6 Å². The molecule has 1 aromatic heterocycles. The number of nitrogens with zero attached hydrogens (tertiary/aromatic N) is 2. The average Bonchev–Trinajstić information content (AvgIpc) is 3.09. The molecule has 150 valence electrons. The number of thioether (sulfide) groups is 1. The van der Waals surface area contributed by atoms with Gasteiger partial charge in [-0.1, -0.05) is 60.3 Å². The van der Waals surface area contributed by atoms with Crippen LogP contribution in [-0.4, -0.2) is 33.8 Å². The number of aryl methyl sites for hydroxylation is 2. The molecule has 0 radical (unpaired) electrons. The predicted molar refractivity (Wildman–Crippen MR) is 116 cm³/mol. The smallest absolute Gasteiger partial charge is 0.243 e. The zero-order valence-corrected chi connectivity index (χ0v) is 17.1. The minimum Gasteiger partial charge on any atom is -0.346 e. The van der Waals surface area contributed by atoms with Gasteiger partial charge in [0.25, 0.3) is 0 Å². The number of carbonyl (C=O) groups is 2. The second-order valence-corrected chi connectivity index (χ2v) is 7.50. The fraction of sp³-hybridized carbons (Fsp3) is 0.190. The summed E-state index contributed by atoms with van der Waals surface area (Å²) in [5.74, 6) is 5.51. The molecule has 0 aliphatic carbocycles. The van der Waals surface area contributed by atoms with Crippen molar-refractivity contribution in [2.75, 3.05) is 23.5 Å². The lowest BCUT2D eigenvalue weighted by molar-refractivity contribution is -0.122. The van der Waals surface area contributed by atoms with Crippen LogP contribution in [0.2, 0.25) is 0 Å². The van der Waals surface area contributed by atoms with E-state index in [4.69, 9.17) is 5.84 Å². The zero-order chi connectivity index (χ0) is 20.8. The topological polar surface area (TPSA) is 102 Å². The number of hydrogen-bond acceptors (Lipinski definition) is 5. The third-order valence-corrected chi connectivity index (χ3v) is 5.26. The van der Waals surface area contributed by atoms with Crippen LogP contribution in [0.3, 0.4) is 0 Å². The number of nitrogens with two attached hydrogens (primary N) is 1. The highest BCUT2D eigenvalue weighted by Crippen LogP contribution is 2.22. The Kier molecular flexibility index (Phi) is 6.56. The van der Waals surface area contributed by atoms with Crippen molar-refractivity contribution in [2.45, 2.75) is 19.0 Å². The van der Waals surface area contributed by atoms with Gasteiger partial charge in [0.1, 0.15) is 0 Å². The summed E-state index contributed by atoms with van der Waals surface area (Å²) in [4.78, 5) is 28.7. The number of rotatable bonds is 7. The lowest BCUT2D eigenvalue weighted by Gasteiger charge is -2.11. The normalized spacial score (nSPS) is 10.6. The number of nitrogens with one attached hydrogen (secondary N) is 2. The SMILES string of the molecule is Cc1cccc(C)c1NC(=O)CNC(=O)CSc1nc(-c2ccccc2)cn1N. The van der Waals surface area contributed by atoms with Crippen molar-refractivity contribution in [1.82, 2.24) is 15.0 Å². The van der Waals surface area contributed by atoms with E-state index in [9.17, 15) is 9.59 Å². The Hall–Kier alpha value is -3.26. The van der Waals surface area contributed by atoms with Gasteiger partial charge in [-0.15, -0.1) is 0 Å². The Morgan fingerprint density at radius 2 is 1.72 bits per heavy atom. The number of imidazole rings is 1. The van der Waals surface area contributed by atoms with E-state index in [1.165, 1.54) is 16.4 Å². The number of para-hydroxylation sites is 1. The maximum atomic E-state index is 12.1. The van der Waals surface area contributed by atoms with Crippen molar-refractivity contribution in [3.8, 4) is 11.3 Å². The van der Waals surface area contributed by atoms with E-state index < -0.39 is 0 Å². The number of aromatic nitrogens is 2. The first-order valence-electron chi connectivity index (χ1n) is 9.09. The van der Waals surface area contributed by atoms with Gasteiger partial charge < -0.3 is 16.5 Å². The predicted octanol–water partition coefficient (Wildman–Crippen LogP) is 2.73. The van der Waals surface area contributed by atoms with Gasteiger partial charge in [-0.3, -0.25) is 9.59 Å². The van der Waals surface area contributed by atoms with Crippen LogP contribution < -0.4 is 16.5 Å². The zero-order valence-electron chi connectivity index (χ0n) is 16.3. The third kappa shape index (κ3) is 5.39. The molecule has 0 atom stereocenters. The van der Waals surface area contributed by atoms with Crippen LogP contribution in [0, 0.1) is 13.8 Å². The molecule has 8 heteroatoms. The molecule has 2 amide bonds. The van der Waals surface area contributed by atoms with Gasteiger partial charge in [-0.05, 0) is 25.0 Å². The first-order chi connectivity index (χ1) is 13.9. The van der Waals surface area contributed by atoms with Gasteiger partial charge in [0.15, 0.2) is 5.16 Å². The first-order valence-corrected chi connectivity index (χ1v) is 10.1. The maximum Gasteiger partial charge on any atom is 0.243 e. The molecule has 4 N–H and O–H groups in total. The Labute approximate surface area is 173 Å². The Bertz CT molecular complexity index is 997. The maximum absolute atomic E-state index is 12.1. The molecule has 7 nitrogen and oxygen atoms in total. The van der Waals surface area contributed by atoms with Crippen molar-refractivity contribution in [1.29, 1.82) is 0 Å². The molecule has 0 unspecified atom stereocenters. The van der Waals surface area contributed by atoms with Crippen molar-refractivity contribution in [3.63, 3.8) is 0 Å². The molecule has 29 heavy (non-hydrogen) atoms. The quantitative estimate of drug-likeness (QED) is 0.411. The number of anilines is 1. The van der Waals surface area contributed by atoms with Gasteiger partial charge in [-0.25, -0.2) is 9.66 Å². The molecule has 3 rings (SSSR count). The van der Waals surface area contributed by atoms with Crippen molar-refractivity contribution in [2.24, 2.45) is 0 Å². The van der Waals surface area contributed by atoms with Crippen LogP contribution in [0.4, 0.5) is 5.69 Å². The molecule has 0 aliphatic heterocycles. The fourth-order valence-electron chi connectivity index (χ4n) is 2.79. The van der Waals surface area contributed by atoms with Crippen LogP contribution in [-0.2, 0) is 9.59 Å². The molecule has 0 bridgehead atoms. The first kappa shape index (κ1) is 20.5. The van der Waals surface area contributed by atoms with Gasteiger partial charge in [0.05, 0.1) is 24.2 Å². The molecule has 1 heterocycles. The number of nitrogen functional groups attached to an aromatic ring is 1. The van der Waals surface area contributed by atoms with Crippen LogP contribution in [0.1, 0.15) is 11.1 Å². The molecule has 0 fully saturated rings. The fourth-order valence-corrected chi connectivity index (χ4v) is 3.51. The molecule has 0 aliphatic rings. The van der Waals surface area contributed by atoms with E-state index in [0.717, 1.165) is 28.1 Å². The Morgan fingerprint density at radius 3 is 2.41 bits per heavy atom. The van der Waals surface area contributed by atoms with Gasteiger partial charge in [0, 0.05) is 11.3 Å². The van der Waals surface area contributed by atoms with Crippen LogP contribution in [0.5, 0.6) is 0 Å². The largest absolute Gasteiger partial charge is 0.346 e. The summed E-state index contributed by atoms with van der Waals surface area (Å²) in [6.07, 6.45) is 1.72. The minimum atomic E-state index is -0.271. The summed E-state index contributed by atoms with van der Waals surface area (Å²) < 4.78 is 1.40. The number of hydrogen-bond donors (Lipinski definition) is 3. The highest BCUT2D eigenvalue weighted by Gasteiger charge is 2.12. The van der Waals surface area contributed by atoms with E-state index >= 15 is 0 Å². The van der Waals surface area contributed by atoms with E-state index in [-0.39, 0.29) is 24.1 Å². The molecule has 0 saturated heterocycles. The number of carbonyl (C=O) groups excluding carboxylic acids is 2. The van der Waals surface area contributed by atoms with Crippen molar-refractivity contribution in [3.05, 3.63) is 65.9 Å². The Morgan fingerprint density at radius 1 is 1.03 bits per heavy atom. The Balaban J connectivity index is 1.49. The van der Waals surface area contributed by atoms with Crippen molar-refractivity contribution >= 4 is 29.3 Å². The summed E-state index contributed by atoms with van der Waals surface area (Å²) in [5.41, 5.74) is 4.42. The molecule has 3 aromatic rings. The van der Waals surface area contributed by atoms with Crippen LogP contribution in [0.25, 0.3) is 11.3 Å². The number of amides is 2.